The van der Waals surface area contributed by atoms with Crippen LogP contribution >= 0.6 is 7.75 Å². The Morgan fingerprint density at radius 2 is 1.87 bits per heavy atom. The number of benzene rings is 2. The fraction of sp³-hybridized carbons (Fsp3) is 0.227. The molecule has 7 nitrogen and oxygen atoms in total. The van der Waals surface area contributed by atoms with Gasteiger partial charge in [0.2, 0.25) is 0 Å². The molecule has 0 atom stereocenters. The number of nitrogens with one attached hydrogen (secondary N) is 2. The van der Waals surface area contributed by atoms with Crippen LogP contribution in [-0.4, -0.2) is 14.8 Å². The maximum absolute atomic E-state index is 11.3. The predicted octanol–water partition coefficient (Wildman–Crippen LogP) is 5.09. The Labute approximate surface area is 175 Å². The first kappa shape index (κ1) is 20.4. The summed E-state index contributed by atoms with van der Waals surface area (Å²) in [6.07, 6.45) is 4.02. The number of rotatable bonds is 8. The molecule has 0 aliphatic heterocycles. The molecule has 2 aromatic carbocycles. The normalized spacial score (nSPS) is 13.7. The second-order valence-electron chi connectivity index (χ2n) is 7.39. The van der Waals surface area contributed by atoms with Gasteiger partial charge in [-0.1, -0.05) is 12.1 Å². The third kappa shape index (κ3) is 5.19. The second-order valence-corrected chi connectivity index (χ2v) is 8.70. The Kier molecular flexibility index (Phi) is 5.77. The van der Waals surface area contributed by atoms with Crippen LogP contribution in [0.1, 0.15) is 35.6 Å². The van der Waals surface area contributed by atoms with E-state index >= 15 is 0 Å². The summed E-state index contributed by atoms with van der Waals surface area (Å²) in [5.41, 5.74) is 4.95. The van der Waals surface area contributed by atoms with Crippen molar-refractivity contribution in [1.82, 2.24) is 4.98 Å². The molecule has 3 aromatic rings. The van der Waals surface area contributed by atoms with E-state index in [0.717, 1.165) is 41.2 Å². The van der Waals surface area contributed by atoms with Gasteiger partial charge in [-0.3, -0.25) is 10.1 Å². The van der Waals surface area contributed by atoms with Crippen molar-refractivity contribution in [3.05, 3.63) is 77.6 Å². The molecule has 156 valence electrons. The van der Waals surface area contributed by atoms with Crippen molar-refractivity contribution in [3.63, 3.8) is 0 Å². The van der Waals surface area contributed by atoms with E-state index in [1.54, 1.807) is 18.3 Å². The maximum Gasteiger partial charge on any atom is 0.427 e. The number of hydrogen-bond acceptors (Lipinski definition) is 4. The van der Waals surface area contributed by atoms with Crippen LogP contribution in [0.2, 0.25) is 0 Å². The number of aromatic nitrogens is 1. The molecule has 1 aliphatic rings. The number of hydrogen-bond donors (Lipinski definition) is 4. The molecule has 1 aliphatic carbocycles. The van der Waals surface area contributed by atoms with Crippen LogP contribution in [0.3, 0.4) is 0 Å². The smallest absolute Gasteiger partial charge is 0.427 e. The van der Waals surface area contributed by atoms with E-state index in [9.17, 15) is 14.4 Å². The van der Waals surface area contributed by atoms with Gasteiger partial charge in [-0.05, 0) is 79.3 Å². The summed E-state index contributed by atoms with van der Waals surface area (Å²) in [5.74, 6) is 1.28. The van der Waals surface area contributed by atoms with Crippen molar-refractivity contribution >= 4 is 24.8 Å². The Hall–Kier alpha value is -2.86. The summed E-state index contributed by atoms with van der Waals surface area (Å²) in [5, 5.41) is 5.70. The number of anilines is 3. The SMILES string of the molecule is Cc1c(Nc2ccc(OCc3ccccn3)cc2C2CC2)cccc1NP(=O)(O)O. The molecule has 0 amide bonds. The van der Waals surface area contributed by atoms with Gasteiger partial charge in [0.25, 0.3) is 0 Å². The average molecular weight is 425 g/mol. The van der Waals surface area contributed by atoms with Gasteiger partial charge in [-0.2, -0.15) is 0 Å². The zero-order valence-corrected chi connectivity index (χ0v) is 17.5. The Balaban J connectivity index is 1.55. The van der Waals surface area contributed by atoms with Crippen molar-refractivity contribution in [3.8, 4) is 5.75 Å². The third-order valence-corrected chi connectivity index (χ3v) is 5.55. The Morgan fingerprint density at radius 3 is 2.57 bits per heavy atom. The molecule has 1 aromatic heterocycles. The van der Waals surface area contributed by atoms with Crippen molar-refractivity contribution in [1.29, 1.82) is 0 Å². The van der Waals surface area contributed by atoms with Crippen LogP contribution in [0, 0.1) is 6.92 Å². The molecule has 1 heterocycles. The van der Waals surface area contributed by atoms with E-state index in [1.165, 1.54) is 5.56 Å². The van der Waals surface area contributed by atoms with Crippen LogP contribution in [0.4, 0.5) is 17.1 Å². The Morgan fingerprint density at radius 1 is 1.07 bits per heavy atom. The molecule has 0 saturated heterocycles. The summed E-state index contributed by atoms with van der Waals surface area (Å²) >= 11 is 0. The standard InChI is InChI=1S/C22H24N3O4P/c1-15-20(6-4-7-21(15)25-30(26,27)28)24-22-11-10-18(13-19(22)16-8-9-16)29-14-17-5-2-3-12-23-17/h2-7,10-13,16,24H,8-9,14H2,1H3,(H3,25,26,27,28). The minimum absolute atomic E-state index is 0.400. The van der Waals surface area contributed by atoms with E-state index in [0.29, 0.717) is 18.2 Å². The van der Waals surface area contributed by atoms with Crippen LogP contribution in [-0.2, 0) is 11.2 Å². The predicted molar refractivity (Wildman–Crippen MR) is 117 cm³/mol. The molecular formula is C22H24N3O4P. The minimum Gasteiger partial charge on any atom is -0.487 e. The van der Waals surface area contributed by atoms with Crippen molar-refractivity contribution in [2.45, 2.75) is 32.3 Å². The molecule has 0 bridgehead atoms. The zero-order valence-electron chi connectivity index (χ0n) is 16.6. The summed E-state index contributed by atoms with van der Waals surface area (Å²) in [4.78, 5) is 22.7. The first-order valence-electron chi connectivity index (χ1n) is 9.76. The molecule has 30 heavy (non-hydrogen) atoms. The molecule has 1 saturated carbocycles. The summed E-state index contributed by atoms with van der Waals surface area (Å²) in [7, 11) is -4.37. The maximum atomic E-state index is 11.3. The van der Waals surface area contributed by atoms with E-state index in [1.807, 2.05) is 43.3 Å². The first-order chi connectivity index (χ1) is 14.4. The molecular weight excluding hydrogens is 401 g/mol. The monoisotopic (exact) mass is 425 g/mol. The summed E-state index contributed by atoms with van der Waals surface area (Å²) in [6, 6.07) is 17.0. The number of pyridine rings is 1. The highest BCUT2D eigenvalue weighted by atomic mass is 31.2. The van der Waals surface area contributed by atoms with E-state index in [2.05, 4.69) is 21.5 Å². The van der Waals surface area contributed by atoms with E-state index in [-0.39, 0.29) is 0 Å². The van der Waals surface area contributed by atoms with Gasteiger partial charge in [-0.15, -0.1) is 0 Å². The lowest BCUT2D eigenvalue weighted by atomic mass is 10.1. The van der Waals surface area contributed by atoms with E-state index < -0.39 is 7.75 Å². The minimum atomic E-state index is -4.37. The lowest BCUT2D eigenvalue weighted by Crippen LogP contribution is -2.02. The highest BCUT2D eigenvalue weighted by Gasteiger charge is 2.27. The summed E-state index contributed by atoms with van der Waals surface area (Å²) < 4.78 is 17.2. The molecule has 1 fully saturated rings. The Bertz CT molecular complexity index is 1080. The second kappa shape index (κ2) is 8.48. The van der Waals surface area contributed by atoms with Gasteiger partial charge < -0.3 is 19.8 Å². The highest BCUT2D eigenvalue weighted by molar-refractivity contribution is 7.53. The van der Waals surface area contributed by atoms with Crippen LogP contribution in [0.25, 0.3) is 0 Å². The van der Waals surface area contributed by atoms with Gasteiger partial charge in [-0.25, -0.2) is 4.57 Å². The molecule has 0 unspecified atom stereocenters. The lowest BCUT2D eigenvalue weighted by Gasteiger charge is -2.18. The van der Waals surface area contributed by atoms with Gasteiger partial charge in [0.1, 0.15) is 12.4 Å². The summed E-state index contributed by atoms with van der Waals surface area (Å²) in [6.45, 7) is 2.23. The number of nitrogens with zero attached hydrogens (tertiary/aromatic N) is 1. The zero-order chi connectivity index (χ0) is 21.1. The fourth-order valence-corrected chi connectivity index (χ4v) is 3.87. The van der Waals surface area contributed by atoms with Gasteiger partial charge in [0, 0.05) is 23.3 Å². The van der Waals surface area contributed by atoms with Gasteiger partial charge in [0.05, 0.1) is 5.69 Å². The van der Waals surface area contributed by atoms with Crippen molar-refractivity contribution in [2.75, 3.05) is 10.4 Å². The average Bonchev–Trinajstić information content (AvgIpc) is 3.55. The van der Waals surface area contributed by atoms with Crippen molar-refractivity contribution < 1.29 is 19.1 Å². The van der Waals surface area contributed by atoms with Crippen LogP contribution < -0.4 is 15.1 Å². The highest BCUT2D eigenvalue weighted by Crippen LogP contribution is 2.46. The van der Waals surface area contributed by atoms with Crippen LogP contribution in [0.15, 0.2) is 60.8 Å². The largest absolute Gasteiger partial charge is 0.487 e. The third-order valence-electron chi connectivity index (χ3n) is 5.02. The molecule has 4 N–H and O–H groups in total. The van der Waals surface area contributed by atoms with Crippen molar-refractivity contribution in [2.24, 2.45) is 0 Å². The first-order valence-corrected chi connectivity index (χ1v) is 11.4. The fourth-order valence-electron chi connectivity index (χ4n) is 3.31. The quantitative estimate of drug-likeness (QED) is 0.373. The van der Waals surface area contributed by atoms with Gasteiger partial charge in [0.15, 0.2) is 0 Å². The molecule has 4 rings (SSSR count). The van der Waals surface area contributed by atoms with Gasteiger partial charge >= 0.3 is 7.75 Å². The molecule has 0 radical (unpaired) electrons. The molecule has 0 spiro atoms. The lowest BCUT2D eigenvalue weighted by molar-refractivity contribution is 0.301. The van der Waals surface area contributed by atoms with Crippen LogP contribution in [0.5, 0.6) is 5.75 Å². The topological polar surface area (TPSA) is 104 Å². The number of ether oxygens (including phenoxy) is 1. The van der Waals surface area contributed by atoms with E-state index in [4.69, 9.17) is 4.74 Å². The molecule has 8 heteroatoms.